The van der Waals surface area contributed by atoms with Gasteiger partial charge in [0.25, 0.3) is 5.91 Å². The molecule has 0 bridgehead atoms. The quantitative estimate of drug-likeness (QED) is 0.885. The summed E-state index contributed by atoms with van der Waals surface area (Å²) in [6, 6.07) is 9.02. The second-order valence-electron chi connectivity index (χ2n) is 4.90. The van der Waals surface area contributed by atoms with E-state index in [9.17, 15) is 4.79 Å². The topological polar surface area (TPSA) is 90.7 Å². The largest absolute Gasteiger partial charge is 0.352 e. The molecule has 0 radical (unpaired) electrons. The summed E-state index contributed by atoms with van der Waals surface area (Å²) in [6.07, 6.45) is 3.91. The predicted octanol–water partition coefficient (Wildman–Crippen LogP) is 2.81. The smallest absolute Gasteiger partial charge is 0.258 e. The van der Waals surface area contributed by atoms with Crippen LogP contribution in [0.2, 0.25) is 0 Å². The Morgan fingerprint density at radius 2 is 2.09 bits per heavy atom. The number of hydrogen-bond donors (Lipinski definition) is 2. The third kappa shape index (κ3) is 4.03. The zero-order valence-electron chi connectivity index (χ0n) is 12.5. The van der Waals surface area contributed by atoms with E-state index < -0.39 is 0 Å². The number of carbonyl (C=O) groups is 1. The molecule has 0 spiro atoms. The molecule has 112 valence electrons. The Hall–Kier alpha value is -2.94. The monoisotopic (exact) mass is 295 g/mol. The van der Waals surface area contributed by atoms with Crippen LogP contribution in [-0.2, 0) is 0 Å². The molecule has 0 aliphatic heterocycles. The molecule has 1 aromatic carbocycles. The zero-order valence-corrected chi connectivity index (χ0v) is 12.5. The van der Waals surface area contributed by atoms with Gasteiger partial charge in [0, 0.05) is 24.1 Å². The van der Waals surface area contributed by atoms with Crippen molar-refractivity contribution < 1.29 is 4.79 Å². The van der Waals surface area contributed by atoms with Crippen LogP contribution in [-0.4, -0.2) is 21.9 Å². The lowest BCUT2D eigenvalue weighted by molar-refractivity contribution is 0.102. The van der Waals surface area contributed by atoms with E-state index in [1.54, 1.807) is 24.3 Å². The maximum atomic E-state index is 12.1. The predicted molar refractivity (Wildman–Crippen MR) is 84.5 cm³/mol. The molecule has 1 aromatic heterocycles. The van der Waals surface area contributed by atoms with Crippen LogP contribution in [0.4, 0.5) is 11.6 Å². The normalized spacial score (nSPS) is 11.3. The van der Waals surface area contributed by atoms with Crippen LogP contribution in [0.3, 0.4) is 0 Å². The molecule has 0 saturated carbocycles. The molecule has 0 fully saturated rings. The molecule has 22 heavy (non-hydrogen) atoms. The number of aromatic nitrogens is 2. The molecule has 0 aliphatic rings. The standard InChI is InChI=1S/C16H17N5O/c1-3-11(2)20-16-18-9-13(10-19-16)15(22)21-14-6-4-5-12(7-14)8-17/h4-7,9-11H,3H2,1-2H3,(H,21,22)(H,18,19,20). The SMILES string of the molecule is CCC(C)Nc1ncc(C(=O)Nc2cccc(C#N)c2)cn1. The Morgan fingerprint density at radius 3 is 2.73 bits per heavy atom. The van der Waals surface area contributed by atoms with E-state index in [2.05, 4.69) is 27.5 Å². The second-order valence-corrected chi connectivity index (χ2v) is 4.90. The van der Waals surface area contributed by atoms with Crippen molar-refractivity contribution in [1.82, 2.24) is 9.97 Å². The van der Waals surface area contributed by atoms with Crippen molar-refractivity contribution in [3.05, 3.63) is 47.8 Å². The zero-order chi connectivity index (χ0) is 15.9. The summed E-state index contributed by atoms with van der Waals surface area (Å²) in [5.41, 5.74) is 1.41. The van der Waals surface area contributed by atoms with Crippen molar-refractivity contribution in [3.63, 3.8) is 0 Å². The van der Waals surface area contributed by atoms with Crippen LogP contribution >= 0.6 is 0 Å². The second kappa shape index (κ2) is 7.18. The van der Waals surface area contributed by atoms with Crippen LogP contribution in [0.5, 0.6) is 0 Å². The molecule has 6 nitrogen and oxygen atoms in total. The maximum Gasteiger partial charge on any atom is 0.258 e. The number of hydrogen-bond acceptors (Lipinski definition) is 5. The Morgan fingerprint density at radius 1 is 1.36 bits per heavy atom. The van der Waals surface area contributed by atoms with Gasteiger partial charge in [0.05, 0.1) is 17.2 Å². The fourth-order valence-corrected chi connectivity index (χ4v) is 1.71. The molecular formula is C16H17N5O. The first-order valence-corrected chi connectivity index (χ1v) is 7.02. The van der Waals surface area contributed by atoms with Crippen molar-refractivity contribution in [2.45, 2.75) is 26.3 Å². The Kier molecular flexibility index (Phi) is 5.04. The van der Waals surface area contributed by atoms with Crippen molar-refractivity contribution in [3.8, 4) is 6.07 Å². The molecule has 1 heterocycles. The van der Waals surface area contributed by atoms with E-state index in [4.69, 9.17) is 5.26 Å². The van der Waals surface area contributed by atoms with Gasteiger partial charge in [-0.1, -0.05) is 13.0 Å². The number of amides is 1. The summed E-state index contributed by atoms with van der Waals surface area (Å²) < 4.78 is 0. The Bertz CT molecular complexity index is 690. The minimum Gasteiger partial charge on any atom is -0.352 e. The number of benzene rings is 1. The number of carbonyl (C=O) groups excluding carboxylic acids is 1. The molecule has 1 amide bonds. The van der Waals surface area contributed by atoms with E-state index in [-0.39, 0.29) is 11.9 Å². The third-order valence-electron chi connectivity index (χ3n) is 3.15. The van der Waals surface area contributed by atoms with Gasteiger partial charge in [0.15, 0.2) is 0 Å². The maximum absolute atomic E-state index is 12.1. The molecule has 0 aliphatic carbocycles. The highest BCUT2D eigenvalue weighted by molar-refractivity contribution is 6.03. The van der Waals surface area contributed by atoms with Gasteiger partial charge in [-0.05, 0) is 31.5 Å². The van der Waals surface area contributed by atoms with Crippen molar-refractivity contribution in [2.75, 3.05) is 10.6 Å². The molecule has 2 rings (SSSR count). The van der Waals surface area contributed by atoms with Crippen LogP contribution in [0, 0.1) is 11.3 Å². The van der Waals surface area contributed by atoms with E-state index in [0.717, 1.165) is 6.42 Å². The summed E-state index contributed by atoms with van der Waals surface area (Å²) in [6.45, 7) is 4.10. The summed E-state index contributed by atoms with van der Waals surface area (Å²) in [4.78, 5) is 20.4. The number of rotatable bonds is 5. The van der Waals surface area contributed by atoms with Gasteiger partial charge >= 0.3 is 0 Å². The molecule has 0 saturated heterocycles. The number of anilines is 2. The Labute approximate surface area is 129 Å². The first-order chi connectivity index (χ1) is 10.6. The van der Waals surface area contributed by atoms with Crippen LogP contribution in [0.1, 0.15) is 36.2 Å². The number of nitrogens with zero attached hydrogens (tertiary/aromatic N) is 3. The molecule has 6 heteroatoms. The van der Waals surface area contributed by atoms with E-state index in [1.165, 1.54) is 12.4 Å². The lowest BCUT2D eigenvalue weighted by Crippen LogP contribution is -2.17. The third-order valence-corrected chi connectivity index (χ3v) is 3.15. The molecule has 1 unspecified atom stereocenters. The summed E-state index contributed by atoms with van der Waals surface area (Å²) >= 11 is 0. The van der Waals surface area contributed by atoms with Gasteiger partial charge in [-0.3, -0.25) is 4.79 Å². The lowest BCUT2D eigenvalue weighted by Gasteiger charge is -2.11. The molecular weight excluding hydrogens is 278 g/mol. The lowest BCUT2D eigenvalue weighted by atomic mass is 10.2. The summed E-state index contributed by atoms with van der Waals surface area (Å²) in [5.74, 6) is 0.183. The van der Waals surface area contributed by atoms with Gasteiger partial charge in [0.2, 0.25) is 5.95 Å². The minimum absolute atomic E-state index is 0.272. The van der Waals surface area contributed by atoms with Crippen LogP contribution < -0.4 is 10.6 Å². The van der Waals surface area contributed by atoms with Gasteiger partial charge in [-0.2, -0.15) is 5.26 Å². The molecule has 2 aromatic rings. The van der Waals surface area contributed by atoms with Gasteiger partial charge in [-0.15, -0.1) is 0 Å². The average molecular weight is 295 g/mol. The van der Waals surface area contributed by atoms with E-state index in [1.807, 2.05) is 13.0 Å². The van der Waals surface area contributed by atoms with E-state index in [0.29, 0.717) is 22.8 Å². The summed E-state index contributed by atoms with van der Waals surface area (Å²) in [7, 11) is 0. The van der Waals surface area contributed by atoms with Crippen molar-refractivity contribution in [2.24, 2.45) is 0 Å². The van der Waals surface area contributed by atoms with Gasteiger partial charge in [0.1, 0.15) is 0 Å². The highest BCUT2D eigenvalue weighted by Crippen LogP contribution is 2.12. The number of nitrogens with one attached hydrogen (secondary N) is 2. The highest BCUT2D eigenvalue weighted by atomic mass is 16.1. The van der Waals surface area contributed by atoms with Crippen LogP contribution in [0.25, 0.3) is 0 Å². The molecule has 2 N–H and O–H groups in total. The van der Waals surface area contributed by atoms with Crippen molar-refractivity contribution in [1.29, 1.82) is 5.26 Å². The highest BCUT2D eigenvalue weighted by Gasteiger charge is 2.09. The molecule has 1 atom stereocenters. The minimum atomic E-state index is -0.315. The van der Waals surface area contributed by atoms with Crippen LogP contribution in [0.15, 0.2) is 36.7 Å². The first kappa shape index (κ1) is 15.4. The fraction of sp³-hybridized carbons (Fsp3) is 0.250. The first-order valence-electron chi connectivity index (χ1n) is 7.02. The number of nitriles is 1. The fourth-order valence-electron chi connectivity index (χ4n) is 1.71. The summed E-state index contributed by atoms with van der Waals surface area (Å²) in [5, 5.41) is 14.7. The van der Waals surface area contributed by atoms with Crippen molar-refractivity contribution >= 4 is 17.5 Å². The van der Waals surface area contributed by atoms with Gasteiger partial charge in [-0.25, -0.2) is 9.97 Å². The van der Waals surface area contributed by atoms with Gasteiger partial charge < -0.3 is 10.6 Å². The average Bonchev–Trinajstić information content (AvgIpc) is 2.55. The van der Waals surface area contributed by atoms with E-state index >= 15 is 0 Å². The Balaban J connectivity index is 2.05.